The van der Waals surface area contributed by atoms with Crippen molar-refractivity contribution >= 4 is 22.8 Å². The van der Waals surface area contributed by atoms with Gasteiger partial charge in [-0.3, -0.25) is 0 Å². The van der Waals surface area contributed by atoms with Crippen molar-refractivity contribution in [3.8, 4) is 0 Å². The summed E-state index contributed by atoms with van der Waals surface area (Å²) >= 11 is 0. The third kappa shape index (κ3) is 3.62. The molecule has 0 radical (unpaired) electrons. The number of anilines is 2. The van der Waals surface area contributed by atoms with E-state index in [1.807, 2.05) is 12.1 Å². The Morgan fingerprint density at radius 1 is 1.04 bits per heavy atom. The van der Waals surface area contributed by atoms with Crippen molar-refractivity contribution in [3.63, 3.8) is 0 Å². The monoisotopic (exact) mass is 321 g/mol. The zero-order valence-corrected chi connectivity index (χ0v) is 14.2. The van der Waals surface area contributed by atoms with E-state index in [0.29, 0.717) is 0 Å². The molecule has 0 saturated carbocycles. The van der Waals surface area contributed by atoms with Gasteiger partial charge >= 0.3 is 0 Å². The molecule has 5 heteroatoms. The summed E-state index contributed by atoms with van der Waals surface area (Å²) in [4.78, 5) is 13.4. The van der Waals surface area contributed by atoms with Gasteiger partial charge in [0.1, 0.15) is 5.52 Å². The van der Waals surface area contributed by atoms with Gasteiger partial charge in [-0.25, -0.2) is 9.97 Å². The van der Waals surface area contributed by atoms with Crippen molar-refractivity contribution in [2.45, 2.75) is 33.1 Å². The standard InChI is InChI=1S/C19H23N5/c1-3-4-11-21-18-17-16(23-19(20)24-18)10-9-15(22-17)12-14-8-6-5-7-13(14)2/h5-10H,3-4,11-12H2,1-2H3,(H3,20,21,23,24). The topological polar surface area (TPSA) is 76.7 Å². The molecule has 124 valence electrons. The highest BCUT2D eigenvalue weighted by Crippen LogP contribution is 2.21. The lowest BCUT2D eigenvalue weighted by Crippen LogP contribution is -2.08. The molecule has 0 fully saturated rings. The second-order valence-corrected chi connectivity index (χ2v) is 5.98. The Hall–Kier alpha value is -2.69. The number of pyridine rings is 1. The summed E-state index contributed by atoms with van der Waals surface area (Å²) in [7, 11) is 0. The number of aryl methyl sites for hydroxylation is 1. The fourth-order valence-electron chi connectivity index (χ4n) is 2.68. The van der Waals surface area contributed by atoms with Crippen LogP contribution in [0.5, 0.6) is 0 Å². The smallest absolute Gasteiger partial charge is 0.222 e. The molecule has 0 unspecified atom stereocenters. The van der Waals surface area contributed by atoms with E-state index in [1.165, 1.54) is 11.1 Å². The molecule has 3 aromatic rings. The van der Waals surface area contributed by atoms with Gasteiger partial charge in [0.15, 0.2) is 5.82 Å². The van der Waals surface area contributed by atoms with E-state index >= 15 is 0 Å². The van der Waals surface area contributed by atoms with E-state index in [0.717, 1.165) is 48.4 Å². The van der Waals surface area contributed by atoms with Gasteiger partial charge in [0.2, 0.25) is 5.95 Å². The van der Waals surface area contributed by atoms with Gasteiger partial charge < -0.3 is 11.1 Å². The predicted molar refractivity (Wildman–Crippen MR) is 99.1 cm³/mol. The normalized spacial score (nSPS) is 10.9. The molecule has 5 nitrogen and oxygen atoms in total. The molecule has 0 aliphatic rings. The molecule has 24 heavy (non-hydrogen) atoms. The molecule has 2 aromatic heterocycles. The van der Waals surface area contributed by atoms with Crippen LogP contribution in [0, 0.1) is 6.92 Å². The highest BCUT2D eigenvalue weighted by molar-refractivity contribution is 5.86. The molecule has 3 N–H and O–H groups in total. The summed E-state index contributed by atoms with van der Waals surface area (Å²) in [6, 6.07) is 12.4. The third-order valence-electron chi connectivity index (χ3n) is 4.07. The van der Waals surface area contributed by atoms with Gasteiger partial charge in [0.05, 0.1) is 5.52 Å². The minimum Gasteiger partial charge on any atom is -0.368 e. The molecule has 0 aliphatic carbocycles. The molecule has 0 atom stereocenters. The molecule has 0 spiro atoms. The molecule has 0 bridgehead atoms. The second-order valence-electron chi connectivity index (χ2n) is 5.98. The average molecular weight is 321 g/mol. The Kier molecular flexibility index (Phi) is 4.89. The number of nitrogens with one attached hydrogen (secondary N) is 1. The number of unbranched alkanes of at least 4 members (excludes halogenated alkanes) is 1. The van der Waals surface area contributed by atoms with Crippen molar-refractivity contribution in [1.82, 2.24) is 15.0 Å². The Morgan fingerprint density at radius 3 is 2.67 bits per heavy atom. The number of hydrogen-bond acceptors (Lipinski definition) is 5. The number of nitrogen functional groups attached to an aromatic ring is 1. The van der Waals surface area contributed by atoms with E-state index in [-0.39, 0.29) is 5.95 Å². The van der Waals surface area contributed by atoms with Crippen molar-refractivity contribution < 1.29 is 0 Å². The van der Waals surface area contributed by atoms with Crippen LogP contribution < -0.4 is 11.1 Å². The van der Waals surface area contributed by atoms with Crippen molar-refractivity contribution in [1.29, 1.82) is 0 Å². The molecule has 0 amide bonds. The van der Waals surface area contributed by atoms with Crippen LogP contribution in [-0.2, 0) is 6.42 Å². The third-order valence-corrected chi connectivity index (χ3v) is 4.07. The van der Waals surface area contributed by atoms with Crippen molar-refractivity contribution in [3.05, 3.63) is 53.2 Å². The Bertz CT molecular complexity index is 844. The van der Waals surface area contributed by atoms with Crippen LogP contribution in [-0.4, -0.2) is 21.5 Å². The van der Waals surface area contributed by atoms with Gasteiger partial charge in [-0.05, 0) is 36.6 Å². The molecular weight excluding hydrogens is 298 g/mol. The summed E-state index contributed by atoms with van der Waals surface area (Å²) in [5, 5.41) is 3.34. The maximum Gasteiger partial charge on any atom is 0.222 e. The number of fused-ring (bicyclic) bond motifs is 1. The first-order valence-corrected chi connectivity index (χ1v) is 8.39. The Balaban J connectivity index is 1.95. The number of nitrogens with zero attached hydrogens (tertiary/aromatic N) is 3. The number of nitrogens with two attached hydrogens (primary N) is 1. The first kappa shape index (κ1) is 16.2. The van der Waals surface area contributed by atoms with Gasteiger partial charge in [0.25, 0.3) is 0 Å². The van der Waals surface area contributed by atoms with Gasteiger partial charge in [-0.15, -0.1) is 0 Å². The number of rotatable bonds is 6. The summed E-state index contributed by atoms with van der Waals surface area (Å²) < 4.78 is 0. The van der Waals surface area contributed by atoms with E-state index in [1.54, 1.807) is 0 Å². The van der Waals surface area contributed by atoms with Crippen LogP contribution in [0.1, 0.15) is 36.6 Å². The Morgan fingerprint density at radius 2 is 1.88 bits per heavy atom. The average Bonchev–Trinajstić information content (AvgIpc) is 2.57. The largest absolute Gasteiger partial charge is 0.368 e. The van der Waals surface area contributed by atoms with Crippen LogP contribution >= 0.6 is 0 Å². The van der Waals surface area contributed by atoms with Gasteiger partial charge in [-0.2, -0.15) is 4.98 Å². The lowest BCUT2D eigenvalue weighted by Gasteiger charge is -2.10. The summed E-state index contributed by atoms with van der Waals surface area (Å²) in [6.07, 6.45) is 2.99. The zero-order valence-electron chi connectivity index (χ0n) is 14.2. The fraction of sp³-hybridized carbons (Fsp3) is 0.316. The highest BCUT2D eigenvalue weighted by Gasteiger charge is 2.09. The minimum absolute atomic E-state index is 0.273. The van der Waals surface area contributed by atoms with Crippen LogP contribution in [0.4, 0.5) is 11.8 Å². The van der Waals surface area contributed by atoms with E-state index in [4.69, 9.17) is 10.7 Å². The summed E-state index contributed by atoms with van der Waals surface area (Å²) in [6.45, 7) is 5.14. The van der Waals surface area contributed by atoms with Crippen LogP contribution in [0.15, 0.2) is 36.4 Å². The summed E-state index contributed by atoms with van der Waals surface area (Å²) in [5.74, 6) is 0.993. The molecule has 0 saturated heterocycles. The number of aromatic nitrogens is 3. The van der Waals surface area contributed by atoms with Gasteiger partial charge in [0, 0.05) is 18.7 Å². The summed E-state index contributed by atoms with van der Waals surface area (Å²) in [5.41, 5.74) is 10.9. The van der Waals surface area contributed by atoms with Crippen LogP contribution in [0.2, 0.25) is 0 Å². The maximum absolute atomic E-state index is 5.82. The van der Waals surface area contributed by atoms with E-state index in [2.05, 4.69) is 53.4 Å². The Labute approximate surface area is 142 Å². The number of hydrogen-bond donors (Lipinski definition) is 2. The van der Waals surface area contributed by atoms with Gasteiger partial charge in [-0.1, -0.05) is 37.6 Å². The molecule has 2 heterocycles. The van der Waals surface area contributed by atoms with Crippen molar-refractivity contribution in [2.75, 3.05) is 17.6 Å². The quantitative estimate of drug-likeness (QED) is 0.677. The fourth-order valence-corrected chi connectivity index (χ4v) is 2.68. The zero-order chi connectivity index (χ0) is 16.9. The predicted octanol–water partition coefficient (Wildman–Crippen LogP) is 3.72. The number of benzene rings is 1. The molecule has 0 aliphatic heterocycles. The lowest BCUT2D eigenvalue weighted by atomic mass is 10.0. The second kappa shape index (κ2) is 7.25. The lowest BCUT2D eigenvalue weighted by molar-refractivity contribution is 0.831. The first-order chi connectivity index (χ1) is 11.7. The SMILES string of the molecule is CCCCNc1nc(N)nc2ccc(Cc3ccccc3C)nc12. The molecular formula is C19H23N5. The van der Waals surface area contributed by atoms with E-state index in [9.17, 15) is 0 Å². The van der Waals surface area contributed by atoms with E-state index < -0.39 is 0 Å². The maximum atomic E-state index is 5.82. The molecule has 1 aromatic carbocycles. The van der Waals surface area contributed by atoms with Crippen molar-refractivity contribution in [2.24, 2.45) is 0 Å². The van der Waals surface area contributed by atoms with Crippen LogP contribution in [0.25, 0.3) is 11.0 Å². The highest BCUT2D eigenvalue weighted by atomic mass is 15.1. The van der Waals surface area contributed by atoms with Crippen LogP contribution in [0.3, 0.4) is 0 Å². The molecule has 3 rings (SSSR count). The minimum atomic E-state index is 0.273. The first-order valence-electron chi connectivity index (χ1n) is 8.39.